The van der Waals surface area contributed by atoms with Crippen molar-refractivity contribution < 1.29 is 9.59 Å². The molecule has 0 saturated carbocycles. The summed E-state index contributed by atoms with van der Waals surface area (Å²) in [5, 5.41) is 10.3. The lowest BCUT2D eigenvalue weighted by Crippen LogP contribution is -2.45. The maximum Gasteiger partial charge on any atom is 0.274 e. The number of aromatic nitrogens is 2. The molecule has 0 radical (unpaired) electrons. The van der Waals surface area contributed by atoms with Gasteiger partial charge in [-0.2, -0.15) is 5.10 Å². The highest BCUT2D eigenvalue weighted by atomic mass is 16.2. The summed E-state index contributed by atoms with van der Waals surface area (Å²) < 4.78 is 0. The van der Waals surface area contributed by atoms with E-state index in [1.165, 1.54) is 0 Å². The third-order valence-corrected chi connectivity index (χ3v) is 6.76. The Bertz CT molecular complexity index is 1140. The van der Waals surface area contributed by atoms with Gasteiger partial charge in [0.25, 0.3) is 5.91 Å². The number of aryl methyl sites for hydroxylation is 1. The first-order valence-corrected chi connectivity index (χ1v) is 11.7. The lowest BCUT2D eigenvalue weighted by molar-refractivity contribution is -0.130. The number of amides is 2. The molecule has 6 nitrogen and oxygen atoms in total. The van der Waals surface area contributed by atoms with Crippen LogP contribution in [-0.2, 0) is 17.6 Å². The van der Waals surface area contributed by atoms with Crippen molar-refractivity contribution in [1.82, 2.24) is 20.4 Å². The minimum absolute atomic E-state index is 0.0103. The van der Waals surface area contributed by atoms with Gasteiger partial charge < -0.3 is 10.2 Å². The molecule has 2 amide bonds. The van der Waals surface area contributed by atoms with Crippen molar-refractivity contribution in [3.05, 3.63) is 77.1 Å². The molecule has 1 aliphatic heterocycles. The van der Waals surface area contributed by atoms with Crippen molar-refractivity contribution in [1.29, 1.82) is 0 Å². The smallest absolute Gasteiger partial charge is 0.274 e. The van der Waals surface area contributed by atoms with Crippen LogP contribution in [0.2, 0.25) is 0 Å². The number of aromatic amines is 1. The van der Waals surface area contributed by atoms with Crippen LogP contribution in [0.25, 0.3) is 11.1 Å². The number of nitrogens with one attached hydrogen (secondary N) is 2. The van der Waals surface area contributed by atoms with E-state index in [0.29, 0.717) is 38.2 Å². The van der Waals surface area contributed by atoms with Crippen LogP contribution in [0.3, 0.4) is 0 Å². The Kier molecular flexibility index (Phi) is 6.63. The topological polar surface area (TPSA) is 78.1 Å². The third kappa shape index (κ3) is 4.42. The molecular formula is C27H32N4O2. The van der Waals surface area contributed by atoms with Gasteiger partial charge in [-0.15, -0.1) is 0 Å². The third-order valence-electron chi connectivity index (χ3n) is 6.76. The number of likely N-dealkylation sites (tertiary alicyclic amines) is 1. The molecule has 1 aromatic heterocycles. The Morgan fingerprint density at radius 2 is 1.82 bits per heavy atom. The SMILES string of the molecule is CCNC(=O)[C@]1(Cc2ccccc2-c2ccccc2)CCN(C(=O)c2n[nH]c(CC)c2C)C1. The molecule has 1 aliphatic rings. The molecule has 172 valence electrons. The summed E-state index contributed by atoms with van der Waals surface area (Å²) in [6.07, 6.45) is 2.00. The predicted octanol–water partition coefficient (Wildman–Crippen LogP) is 4.16. The summed E-state index contributed by atoms with van der Waals surface area (Å²) in [7, 11) is 0. The Labute approximate surface area is 195 Å². The van der Waals surface area contributed by atoms with Crippen LogP contribution in [-0.4, -0.2) is 46.5 Å². The first-order valence-electron chi connectivity index (χ1n) is 11.7. The molecule has 2 heterocycles. The van der Waals surface area contributed by atoms with E-state index in [1.807, 2.05) is 51.1 Å². The van der Waals surface area contributed by atoms with Gasteiger partial charge in [0.1, 0.15) is 0 Å². The van der Waals surface area contributed by atoms with Crippen molar-refractivity contribution in [2.75, 3.05) is 19.6 Å². The molecule has 3 aromatic rings. The quantitative estimate of drug-likeness (QED) is 0.574. The van der Waals surface area contributed by atoms with E-state index in [0.717, 1.165) is 34.4 Å². The average Bonchev–Trinajstić information content (AvgIpc) is 3.44. The van der Waals surface area contributed by atoms with E-state index in [2.05, 4.69) is 39.8 Å². The second-order valence-corrected chi connectivity index (χ2v) is 8.85. The maximum absolute atomic E-state index is 13.4. The first-order chi connectivity index (χ1) is 16.0. The van der Waals surface area contributed by atoms with E-state index >= 15 is 0 Å². The van der Waals surface area contributed by atoms with E-state index in [4.69, 9.17) is 0 Å². The molecule has 6 heteroatoms. The zero-order valence-corrected chi connectivity index (χ0v) is 19.6. The van der Waals surface area contributed by atoms with Crippen LogP contribution < -0.4 is 5.32 Å². The van der Waals surface area contributed by atoms with Crippen LogP contribution >= 0.6 is 0 Å². The van der Waals surface area contributed by atoms with Gasteiger partial charge in [0, 0.05) is 30.9 Å². The summed E-state index contributed by atoms with van der Waals surface area (Å²) in [6, 6.07) is 18.5. The van der Waals surface area contributed by atoms with E-state index in [1.54, 1.807) is 4.90 Å². The second kappa shape index (κ2) is 9.61. The Morgan fingerprint density at radius 3 is 2.52 bits per heavy atom. The lowest BCUT2D eigenvalue weighted by Gasteiger charge is -2.29. The van der Waals surface area contributed by atoms with Gasteiger partial charge >= 0.3 is 0 Å². The van der Waals surface area contributed by atoms with Crippen LogP contribution in [0, 0.1) is 12.3 Å². The molecule has 0 unspecified atom stereocenters. The Morgan fingerprint density at radius 1 is 1.09 bits per heavy atom. The summed E-state index contributed by atoms with van der Waals surface area (Å²) in [5.74, 6) is -0.0953. The molecular weight excluding hydrogens is 412 g/mol. The van der Waals surface area contributed by atoms with Crippen LogP contribution in [0.5, 0.6) is 0 Å². The van der Waals surface area contributed by atoms with Gasteiger partial charge in [-0.3, -0.25) is 14.7 Å². The lowest BCUT2D eigenvalue weighted by atomic mass is 9.78. The fourth-order valence-electron chi connectivity index (χ4n) is 4.88. The van der Waals surface area contributed by atoms with Gasteiger partial charge in [0.05, 0.1) is 5.41 Å². The standard InChI is InChI=1S/C27H32N4O2/c1-4-23-19(3)24(30-29-23)25(32)31-16-15-27(18-31,26(33)28-5-2)17-21-13-9-10-14-22(21)20-11-7-6-8-12-20/h6-14H,4-5,15-18H2,1-3H3,(H,28,33)(H,29,30)/t27-/m0/s1. The van der Waals surface area contributed by atoms with E-state index < -0.39 is 5.41 Å². The zero-order valence-electron chi connectivity index (χ0n) is 19.6. The highest BCUT2D eigenvalue weighted by Gasteiger charge is 2.46. The van der Waals surface area contributed by atoms with Crippen molar-refractivity contribution in [3.8, 4) is 11.1 Å². The highest BCUT2D eigenvalue weighted by molar-refractivity contribution is 5.95. The normalized spacial score (nSPS) is 17.8. The maximum atomic E-state index is 13.4. The predicted molar refractivity (Wildman–Crippen MR) is 130 cm³/mol. The number of nitrogens with zero attached hydrogens (tertiary/aromatic N) is 2. The molecule has 0 aliphatic carbocycles. The van der Waals surface area contributed by atoms with Crippen molar-refractivity contribution in [2.24, 2.45) is 5.41 Å². The highest BCUT2D eigenvalue weighted by Crippen LogP contribution is 2.38. The number of rotatable bonds is 7. The molecule has 4 rings (SSSR count). The fraction of sp³-hybridized carbons (Fsp3) is 0.370. The number of benzene rings is 2. The Hall–Kier alpha value is -3.41. The molecule has 1 atom stereocenters. The minimum Gasteiger partial charge on any atom is -0.356 e. The van der Waals surface area contributed by atoms with Gasteiger partial charge in [0.15, 0.2) is 5.69 Å². The molecule has 2 aromatic carbocycles. The number of carbonyl (C=O) groups excluding carboxylic acids is 2. The summed E-state index contributed by atoms with van der Waals surface area (Å²) in [6.45, 7) is 7.38. The summed E-state index contributed by atoms with van der Waals surface area (Å²) in [5.41, 5.74) is 5.04. The molecule has 1 fully saturated rings. The zero-order chi connectivity index (χ0) is 23.4. The molecule has 1 saturated heterocycles. The van der Waals surface area contributed by atoms with Crippen molar-refractivity contribution in [2.45, 2.75) is 40.0 Å². The average molecular weight is 445 g/mol. The summed E-state index contributed by atoms with van der Waals surface area (Å²) >= 11 is 0. The van der Waals surface area contributed by atoms with Crippen molar-refractivity contribution in [3.63, 3.8) is 0 Å². The van der Waals surface area contributed by atoms with Gasteiger partial charge in [-0.05, 0) is 49.8 Å². The van der Waals surface area contributed by atoms with Gasteiger partial charge in [-0.25, -0.2) is 0 Å². The number of H-pyrrole nitrogens is 1. The van der Waals surface area contributed by atoms with Crippen molar-refractivity contribution >= 4 is 11.8 Å². The molecule has 2 N–H and O–H groups in total. The molecule has 0 bridgehead atoms. The Balaban J connectivity index is 1.65. The first kappa shape index (κ1) is 22.8. The number of hydrogen-bond donors (Lipinski definition) is 2. The van der Waals surface area contributed by atoms with Crippen LogP contribution in [0.1, 0.15) is 47.6 Å². The summed E-state index contributed by atoms with van der Waals surface area (Å²) in [4.78, 5) is 28.5. The van der Waals surface area contributed by atoms with E-state index in [9.17, 15) is 9.59 Å². The molecule has 0 spiro atoms. The number of hydrogen-bond acceptors (Lipinski definition) is 3. The largest absolute Gasteiger partial charge is 0.356 e. The number of carbonyl (C=O) groups is 2. The fourth-order valence-corrected chi connectivity index (χ4v) is 4.88. The molecule has 33 heavy (non-hydrogen) atoms. The van der Waals surface area contributed by atoms with Crippen LogP contribution in [0.15, 0.2) is 54.6 Å². The second-order valence-electron chi connectivity index (χ2n) is 8.85. The van der Waals surface area contributed by atoms with Crippen LogP contribution in [0.4, 0.5) is 0 Å². The van der Waals surface area contributed by atoms with Gasteiger partial charge in [-0.1, -0.05) is 61.5 Å². The van der Waals surface area contributed by atoms with Gasteiger partial charge in [0.2, 0.25) is 5.91 Å². The monoisotopic (exact) mass is 444 g/mol. The van der Waals surface area contributed by atoms with E-state index in [-0.39, 0.29) is 11.8 Å². The minimum atomic E-state index is -0.672.